The molecule has 0 aliphatic rings. The highest BCUT2D eigenvalue weighted by Gasteiger charge is 2.13. The van der Waals surface area contributed by atoms with Gasteiger partial charge < -0.3 is 10.2 Å². The summed E-state index contributed by atoms with van der Waals surface area (Å²) in [5, 5.41) is 26.7. The van der Waals surface area contributed by atoms with Gasteiger partial charge in [-0.2, -0.15) is 5.10 Å². The molecule has 0 aliphatic heterocycles. The van der Waals surface area contributed by atoms with Crippen molar-refractivity contribution in [3.05, 3.63) is 34.3 Å². The number of hydrogen-bond donors (Lipinski definition) is 3. The van der Waals surface area contributed by atoms with E-state index in [0.29, 0.717) is 21.8 Å². The summed E-state index contributed by atoms with van der Waals surface area (Å²) in [5.74, 6) is -0.452. The first-order valence-electron chi connectivity index (χ1n) is 5.65. The van der Waals surface area contributed by atoms with Crippen molar-refractivity contribution in [2.75, 3.05) is 0 Å². The van der Waals surface area contributed by atoms with Crippen molar-refractivity contribution < 1.29 is 15.0 Å². The number of phenols is 2. The molecule has 8 heteroatoms. The van der Waals surface area contributed by atoms with Crippen LogP contribution in [0, 0.1) is 6.92 Å². The number of aryl methyl sites for hydroxylation is 1. The molecule has 0 fully saturated rings. The molecular formula is C12H12N4O3S. The fourth-order valence-electron chi connectivity index (χ4n) is 1.50. The van der Waals surface area contributed by atoms with Gasteiger partial charge in [-0.1, -0.05) is 4.49 Å². The lowest BCUT2D eigenvalue weighted by Gasteiger charge is -2.05. The molecule has 7 nitrogen and oxygen atoms in total. The fourth-order valence-corrected chi connectivity index (χ4v) is 2.05. The Morgan fingerprint density at radius 2 is 2.15 bits per heavy atom. The van der Waals surface area contributed by atoms with Crippen molar-refractivity contribution >= 4 is 23.2 Å². The monoisotopic (exact) mass is 292 g/mol. The van der Waals surface area contributed by atoms with Gasteiger partial charge in [-0.25, -0.2) is 5.43 Å². The first-order chi connectivity index (χ1) is 9.49. The Hall–Kier alpha value is -2.48. The minimum atomic E-state index is -0.420. The van der Waals surface area contributed by atoms with E-state index >= 15 is 0 Å². The number of phenolic OH excluding ortho intramolecular Hbond substituents is 2. The first kappa shape index (κ1) is 13.9. The topological polar surface area (TPSA) is 108 Å². The average molecular weight is 292 g/mol. The highest BCUT2D eigenvalue weighted by molar-refractivity contribution is 7.07. The Kier molecular flexibility index (Phi) is 3.94. The number of hydrazone groups is 1. The number of aromatic nitrogens is 2. The summed E-state index contributed by atoms with van der Waals surface area (Å²) >= 11 is 0.979. The molecule has 2 aromatic rings. The van der Waals surface area contributed by atoms with Crippen LogP contribution in [0.15, 0.2) is 23.3 Å². The molecule has 0 spiro atoms. The van der Waals surface area contributed by atoms with Crippen molar-refractivity contribution in [1.29, 1.82) is 0 Å². The smallest absolute Gasteiger partial charge is 0.285 e. The molecule has 104 valence electrons. The van der Waals surface area contributed by atoms with Crippen molar-refractivity contribution in [3.8, 4) is 11.5 Å². The summed E-state index contributed by atoms with van der Waals surface area (Å²) in [6.07, 6.45) is 0. The van der Waals surface area contributed by atoms with Crippen molar-refractivity contribution in [2.45, 2.75) is 13.8 Å². The van der Waals surface area contributed by atoms with E-state index < -0.39 is 5.91 Å². The second-order valence-electron chi connectivity index (χ2n) is 4.03. The molecule has 1 aromatic heterocycles. The van der Waals surface area contributed by atoms with Crippen LogP contribution >= 0.6 is 11.5 Å². The number of carbonyl (C=O) groups excluding carboxylic acids is 1. The number of benzene rings is 1. The van der Waals surface area contributed by atoms with Crippen molar-refractivity contribution in [2.24, 2.45) is 5.10 Å². The molecule has 0 saturated heterocycles. The van der Waals surface area contributed by atoms with Gasteiger partial charge in [-0.15, -0.1) is 5.10 Å². The standard InChI is InChI=1S/C12H12N4O3S/c1-6(9-5-8(17)3-4-10(9)18)13-15-12(19)11-7(2)14-16-20-11/h3-5,17-18H,1-2H3,(H,15,19). The van der Waals surface area contributed by atoms with Gasteiger partial charge >= 0.3 is 0 Å². The van der Waals surface area contributed by atoms with Gasteiger partial charge in [0.05, 0.1) is 11.4 Å². The lowest BCUT2D eigenvalue weighted by molar-refractivity contribution is 0.0958. The maximum Gasteiger partial charge on any atom is 0.285 e. The Morgan fingerprint density at radius 1 is 1.40 bits per heavy atom. The molecule has 20 heavy (non-hydrogen) atoms. The van der Waals surface area contributed by atoms with Gasteiger partial charge in [0.25, 0.3) is 5.91 Å². The molecule has 3 N–H and O–H groups in total. The van der Waals surface area contributed by atoms with Crippen LogP contribution in [0.3, 0.4) is 0 Å². The molecule has 0 bridgehead atoms. The summed E-state index contributed by atoms with van der Waals surface area (Å²) in [6, 6.07) is 4.07. The van der Waals surface area contributed by atoms with E-state index in [1.54, 1.807) is 13.8 Å². The zero-order chi connectivity index (χ0) is 14.7. The molecule has 1 aromatic carbocycles. The number of nitrogens with one attached hydrogen (secondary N) is 1. The zero-order valence-corrected chi connectivity index (χ0v) is 11.6. The summed E-state index contributed by atoms with van der Waals surface area (Å²) in [7, 11) is 0. The maximum absolute atomic E-state index is 11.8. The van der Waals surface area contributed by atoms with E-state index in [0.717, 1.165) is 11.5 Å². The number of hydrogen-bond acceptors (Lipinski definition) is 7. The van der Waals surface area contributed by atoms with Crippen molar-refractivity contribution in [3.63, 3.8) is 0 Å². The molecule has 0 atom stereocenters. The van der Waals surface area contributed by atoms with Crippen LogP contribution in [0.2, 0.25) is 0 Å². The van der Waals surface area contributed by atoms with E-state index in [2.05, 4.69) is 20.1 Å². The minimum absolute atomic E-state index is 0.00109. The summed E-state index contributed by atoms with van der Waals surface area (Å²) < 4.78 is 3.66. The fraction of sp³-hybridized carbons (Fsp3) is 0.167. The Bertz CT molecular complexity index is 681. The predicted octanol–water partition coefficient (Wildman–Crippen LogP) is 1.41. The number of rotatable bonds is 3. The van der Waals surface area contributed by atoms with E-state index in [1.165, 1.54) is 18.2 Å². The highest BCUT2D eigenvalue weighted by Crippen LogP contribution is 2.22. The van der Waals surface area contributed by atoms with Gasteiger partial charge in [0.1, 0.15) is 16.4 Å². The van der Waals surface area contributed by atoms with Gasteiger partial charge in [0, 0.05) is 5.56 Å². The van der Waals surface area contributed by atoms with Crippen LogP contribution in [-0.4, -0.2) is 31.4 Å². The normalized spacial score (nSPS) is 11.4. The van der Waals surface area contributed by atoms with E-state index in [-0.39, 0.29) is 11.5 Å². The molecule has 0 aliphatic carbocycles. The second kappa shape index (κ2) is 5.66. The molecule has 0 radical (unpaired) electrons. The molecule has 0 unspecified atom stereocenters. The zero-order valence-electron chi connectivity index (χ0n) is 10.8. The lowest BCUT2D eigenvalue weighted by atomic mass is 10.1. The quantitative estimate of drug-likeness (QED) is 0.450. The summed E-state index contributed by atoms with van der Waals surface area (Å²) in [4.78, 5) is 12.2. The average Bonchev–Trinajstić information content (AvgIpc) is 2.84. The molecule has 2 rings (SSSR count). The minimum Gasteiger partial charge on any atom is -0.508 e. The Labute approximate surface area is 118 Å². The number of carbonyl (C=O) groups is 1. The van der Waals surface area contributed by atoms with Crippen LogP contribution in [0.5, 0.6) is 11.5 Å². The van der Waals surface area contributed by atoms with Crippen LogP contribution in [0.4, 0.5) is 0 Å². The van der Waals surface area contributed by atoms with Gasteiger partial charge in [-0.05, 0) is 43.6 Å². The van der Waals surface area contributed by atoms with Crippen LogP contribution in [0.25, 0.3) is 0 Å². The van der Waals surface area contributed by atoms with Crippen LogP contribution in [-0.2, 0) is 0 Å². The van der Waals surface area contributed by atoms with Gasteiger partial charge in [0.15, 0.2) is 0 Å². The van der Waals surface area contributed by atoms with Gasteiger partial charge in [0.2, 0.25) is 0 Å². The highest BCUT2D eigenvalue weighted by atomic mass is 32.1. The summed E-state index contributed by atoms with van der Waals surface area (Å²) in [5.41, 5.74) is 3.59. The first-order valence-corrected chi connectivity index (χ1v) is 6.42. The van der Waals surface area contributed by atoms with Crippen LogP contribution in [0.1, 0.15) is 27.9 Å². The number of nitrogens with zero attached hydrogens (tertiary/aromatic N) is 3. The Morgan fingerprint density at radius 3 is 2.80 bits per heavy atom. The lowest BCUT2D eigenvalue weighted by Crippen LogP contribution is -2.19. The maximum atomic E-state index is 11.8. The molecule has 1 amide bonds. The molecule has 1 heterocycles. The Balaban J connectivity index is 2.17. The SMILES string of the molecule is CC(=NNC(=O)c1snnc1C)c1cc(O)ccc1O. The number of amides is 1. The van der Waals surface area contributed by atoms with Gasteiger partial charge in [-0.3, -0.25) is 4.79 Å². The second-order valence-corrected chi connectivity index (χ2v) is 4.78. The van der Waals surface area contributed by atoms with E-state index in [4.69, 9.17) is 0 Å². The van der Waals surface area contributed by atoms with E-state index in [9.17, 15) is 15.0 Å². The van der Waals surface area contributed by atoms with Crippen LogP contribution < -0.4 is 5.43 Å². The largest absolute Gasteiger partial charge is 0.508 e. The number of aromatic hydroxyl groups is 2. The third-order valence-corrected chi connectivity index (χ3v) is 3.38. The van der Waals surface area contributed by atoms with Crippen molar-refractivity contribution in [1.82, 2.24) is 15.0 Å². The van der Waals surface area contributed by atoms with E-state index in [1.807, 2.05) is 0 Å². The summed E-state index contributed by atoms with van der Waals surface area (Å²) in [6.45, 7) is 3.28. The third kappa shape index (κ3) is 2.91. The molecule has 0 saturated carbocycles. The molecular weight excluding hydrogens is 280 g/mol. The predicted molar refractivity (Wildman–Crippen MR) is 74.1 cm³/mol. The third-order valence-electron chi connectivity index (χ3n) is 2.55.